The summed E-state index contributed by atoms with van der Waals surface area (Å²) in [5, 5.41) is 22.6. The van der Waals surface area contributed by atoms with Crippen molar-refractivity contribution in [1.29, 1.82) is 0 Å². The number of aromatic hydroxyl groups is 1. The van der Waals surface area contributed by atoms with Gasteiger partial charge in [-0.1, -0.05) is 6.07 Å². The van der Waals surface area contributed by atoms with Gasteiger partial charge in [0.05, 0.1) is 18.8 Å². The Bertz CT molecular complexity index is 1150. The van der Waals surface area contributed by atoms with Crippen LogP contribution in [0.25, 0.3) is 22.6 Å². The molecular formula is C23H26FN7O2. The fourth-order valence-electron chi connectivity index (χ4n) is 4.91. The van der Waals surface area contributed by atoms with E-state index in [0.717, 1.165) is 19.4 Å². The maximum atomic E-state index is 15.3. The fraction of sp³-hybridized carbons (Fsp3) is 0.435. The van der Waals surface area contributed by atoms with Crippen LogP contribution in [0.15, 0.2) is 36.7 Å². The Morgan fingerprint density at radius 2 is 2.06 bits per heavy atom. The minimum absolute atomic E-state index is 0.0229. The molecule has 0 unspecified atom stereocenters. The minimum Gasteiger partial charge on any atom is -0.507 e. The van der Waals surface area contributed by atoms with Crippen molar-refractivity contribution in [2.75, 3.05) is 25.6 Å². The number of nitrogens with zero attached hydrogens (tertiary/aromatic N) is 6. The molecule has 10 heteroatoms. The molecule has 2 aromatic heterocycles. The highest BCUT2D eigenvalue weighted by atomic mass is 19.1. The Kier molecular flexibility index (Phi) is 5.32. The summed E-state index contributed by atoms with van der Waals surface area (Å²) < 4.78 is 20.3. The lowest BCUT2D eigenvalue weighted by Gasteiger charge is -2.54. The third kappa shape index (κ3) is 3.74. The molecule has 1 aromatic carbocycles. The van der Waals surface area contributed by atoms with Gasteiger partial charge in [-0.2, -0.15) is 9.97 Å². The largest absolute Gasteiger partial charge is 0.507 e. The zero-order chi connectivity index (χ0) is 23.2. The van der Waals surface area contributed by atoms with Gasteiger partial charge >= 0.3 is 6.01 Å². The molecule has 3 aliphatic rings. The zero-order valence-corrected chi connectivity index (χ0v) is 18.7. The molecule has 2 N–H and O–H groups in total. The van der Waals surface area contributed by atoms with E-state index in [9.17, 15) is 5.11 Å². The number of piperidine rings is 2. The number of benzene rings is 1. The van der Waals surface area contributed by atoms with Crippen molar-refractivity contribution in [1.82, 2.24) is 30.5 Å². The van der Waals surface area contributed by atoms with E-state index < -0.39 is 11.7 Å². The SMILES string of the molecule is COc1ncnc(-c2ccc(-c3ccc(N(C)[C@@H]4[C@H]5CC[C@](C)(NC5)[C@@H]4F)nn3)c(O)c2)n1. The lowest BCUT2D eigenvalue weighted by molar-refractivity contribution is 0.0102. The molecule has 33 heavy (non-hydrogen) atoms. The molecule has 2 saturated heterocycles. The fourth-order valence-corrected chi connectivity index (χ4v) is 4.91. The van der Waals surface area contributed by atoms with E-state index in [1.165, 1.54) is 13.4 Å². The molecule has 2 aliphatic heterocycles. The number of hydrogen-bond acceptors (Lipinski definition) is 9. The molecule has 9 nitrogen and oxygen atoms in total. The first-order chi connectivity index (χ1) is 15.9. The Balaban J connectivity index is 1.37. The third-order valence-corrected chi connectivity index (χ3v) is 6.92. The molecule has 1 aliphatic carbocycles. The average Bonchev–Trinajstić information content (AvgIpc) is 2.85. The number of phenols is 1. The molecule has 0 amide bonds. The van der Waals surface area contributed by atoms with Gasteiger partial charge in [-0.05, 0) is 49.9 Å². The molecule has 1 saturated carbocycles. The van der Waals surface area contributed by atoms with Crippen molar-refractivity contribution < 1.29 is 14.2 Å². The van der Waals surface area contributed by atoms with Gasteiger partial charge in [0.1, 0.15) is 18.2 Å². The van der Waals surface area contributed by atoms with Gasteiger partial charge in [-0.15, -0.1) is 10.2 Å². The normalized spacial score (nSPS) is 26.2. The van der Waals surface area contributed by atoms with Gasteiger partial charge in [0.15, 0.2) is 11.6 Å². The second-order valence-corrected chi connectivity index (χ2v) is 8.90. The zero-order valence-electron chi connectivity index (χ0n) is 18.7. The van der Waals surface area contributed by atoms with Gasteiger partial charge < -0.3 is 20.1 Å². The lowest BCUT2D eigenvalue weighted by atomic mass is 9.68. The highest BCUT2D eigenvalue weighted by Gasteiger charge is 2.53. The number of alkyl halides is 1. The topological polar surface area (TPSA) is 109 Å². The second-order valence-electron chi connectivity index (χ2n) is 8.90. The van der Waals surface area contributed by atoms with Crippen molar-refractivity contribution in [3.63, 3.8) is 0 Å². The van der Waals surface area contributed by atoms with Crippen LogP contribution in [0.2, 0.25) is 0 Å². The Morgan fingerprint density at radius 1 is 1.21 bits per heavy atom. The number of hydrogen-bond donors (Lipinski definition) is 2. The van der Waals surface area contributed by atoms with Crippen molar-refractivity contribution >= 4 is 5.82 Å². The van der Waals surface area contributed by atoms with Crippen LogP contribution in [0.3, 0.4) is 0 Å². The van der Waals surface area contributed by atoms with E-state index in [0.29, 0.717) is 28.5 Å². The highest BCUT2D eigenvalue weighted by molar-refractivity contribution is 5.72. The van der Waals surface area contributed by atoms with E-state index in [1.54, 1.807) is 24.3 Å². The predicted octanol–water partition coefficient (Wildman–Crippen LogP) is 2.62. The highest BCUT2D eigenvalue weighted by Crippen LogP contribution is 2.42. The van der Waals surface area contributed by atoms with Crippen molar-refractivity contribution in [3.05, 3.63) is 36.7 Å². The van der Waals surface area contributed by atoms with E-state index in [-0.39, 0.29) is 23.7 Å². The van der Waals surface area contributed by atoms with Gasteiger partial charge in [0.2, 0.25) is 0 Å². The predicted molar refractivity (Wildman–Crippen MR) is 121 cm³/mol. The molecule has 4 heterocycles. The standard InChI is InChI=1S/C23H26FN7O2/c1-23-9-8-14(11-27-23)19(20(23)24)31(2)18-7-6-16(29-30-18)15-5-4-13(10-17(15)32)21-25-12-26-22(28-21)33-3/h4-7,10,12,14,19-20,27,32H,8-9,11H2,1-3H3/t14-,19+,20+,23-/m0/s1. The number of rotatable bonds is 5. The van der Waals surface area contributed by atoms with Crippen molar-refractivity contribution in [3.8, 4) is 34.4 Å². The molecule has 172 valence electrons. The summed E-state index contributed by atoms with van der Waals surface area (Å²) in [4.78, 5) is 14.1. The number of ether oxygens (including phenoxy) is 1. The molecule has 0 radical (unpaired) electrons. The number of fused-ring (bicyclic) bond motifs is 3. The second kappa shape index (κ2) is 8.18. The van der Waals surface area contributed by atoms with Crippen molar-refractivity contribution in [2.24, 2.45) is 5.92 Å². The molecule has 4 atom stereocenters. The minimum atomic E-state index is -0.984. The van der Waals surface area contributed by atoms with E-state index in [4.69, 9.17) is 4.74 Å². The maximum Gasteiger partial charge on any atom is 0.319 e. The monoisotopic (exact) mass is 451 g/mol. The van der Waals surface area contributed by atoms with Crippen LogP contribution in [-0.4, -0.2) is 68.7 Å². The Labute approximate surface area is 191 Å². The van der Waals surface area contributed by atoms with Gasteiger partial charge in [0, 0.05) is 30.3 Å². The van der Waals surface area contributed by atoms with E-state index in [1.807, 2.05) is 24.9 Å². The molecule has 3 aromatic rings. The van der Waals surface area contributed by atoms with Gasteiger partial charge in [-0.25, -0.2) is 9.37 Å². The quantitative estimate of drug-likeness (QED) is 0.605. The van der Waals surface area contributed by atoms with Crippen LogP contribution in [-0.2, 0) is 0 Å². The van der Waals surface area contributed by atoms with Crippen LogP contribution in [0.5, 0.6) is 11.8 Å². The average molecular weight is 452 g/mol. The number of methoxy groups -OCH3 is 1. The van der Waals surface area contributed by atoms with Gasteiger partial charge in [0.25, 0.3) is 0 Å². The number of nitrogens with one attached hydrogen (secondary N) is 1. The number of aromatic nitrogens is 5. The molecular weight excluding hydrogens is 425 g/mol. The van der Waals surface area contributed by atoms with Crippen LogP contribution < -0.4 is 15.0 Å². The summed E-state index contributed by atoms with van der Waals surface area (Å²) >= 11 is 0. The summed E-state index contributed by atoms with van der Waals surface area (Å²) in [7, 11) is 3.35. The lowest BCUT2D eigenvalue weighted by Crippen LogP contribution is -2.70. The molecule has 0 spiro atoms. The Morgan fingerprint density at radius 3 is 2.73 bits per heavy atom. The Hall–Kier alpha value is -3.40. The third-order valence-electron chi connectivity index (χ3n) is 6.92. The molecule has 2 bridgehead atoms. The van der Waals surface area contributed by atoms with Gasteiger partial charge in [-0.3, -0.25) is 0 Å². The van der Waals surface area contributed by atoms with Crippen LogP contribution in [0, 0.1) is 5.92 Å². The van der Waals surface area contributed by atoms with E-state index in [2.05, 4.69) is 30.5 Å². The van der Waals surface area contributed by atoms with E-state index >= 15 is 4.39 Å². The summed E-state index contributed by atoms with van der Waals surface area (Å²) in [6.45, 7) is 2.77. The van der Waals surface area contributed by atoms with Crippen LogP contribution >= 0.6 is 0 Å². The maximum absolute atomic E-state index is 15.3. The summed E-state index contributed by atoms with van der Waals surface area (Å²) in [5.41, 5.74) is 1.17. The first-order valence-electron chi connectivity index (χ1n) is 10.9. The van der Waals surface area contributed by atoms with Crippen molar-refractivity contribution in [2.45, 2.75) is 37.5 Å². The number of halogens is 1. The molecule has 3 fully saturated rings. The molecule has 6 rings (SSSR count). The smallest absolute Gasteiger partial charge is 0.319 e. The first-order valence-corrected chi connectivity index (χ1v) is 10.9. The number of anilines is 1. The van der Waals surface area contributed by atoms with Crippen LogP contribution in [0.4, 0.5) is 10.2 Å². The summed E-state index contributed by atoms with van der Waals surface area (Å²) in [5.74, 6) is 1.25. The first kappa shape index (κ1) is 21.4. The summed E-state index contributed by atoms with van der Waals surface area (Å²) in [6.07, 6.45) is 2.21. The van der Waals surface area contributed by atoms with Crippen LogP contribution in [0.1, 0.15) is 19.8 Å². The number of phenolic OH excluding ortho intramolecular Hbond substituents is 1. The summed E-state index contributed by atoms with van der Waals surface area (Å²) in [6, 6.07) is 8.64.